The van der Waals surface area contributed by atoms with Crippen LogP contribution in [-0.2, 0) is 4.74 Å². The highest BCUT2D eigenvalue weighted by Gasteiger charge is 2.15. The molecule has 0 saturated carbocycles. The Kier molecular flexibility index (Phi) is 3.25. The molecule has 16 heavy (non-hydrogen) atoms. The molecule has 0 saturated heterocycles. The predicted molar refractivity (Wildman–Crippen MR) is 61.3 cm³/mol. The highest BCUT2D eigenvalue weighted by Crippen LogP contribution is 2.26. The summed E-state index contributed by atoms with van der Waals surface area (Å²) in [6, 6.07) is 4.83. The molecule has 0 bridgehead atoms. The van der Waals surface area contributed by atoms with Crippen LogP contribution in [0.5, 0.6) is 0 Å². The molecule has 2 nitrogen and oxygen atoms in total. The number of ether oxygens (including phenoxy) is 1. The van der Waals surface area contributed by atoms with Crippen LogP contribution >= 0.6 is 0 Å². The summed E-state index contributed by atoms with van der Waals surface area (Å²) in [5.41, 5.74) is 8.77. The first-order chi connectivity index (χ1) is 7.68. The molecular formula is C13H16FNO. The third-order valence-corrected chi connectivity index (χ3v) is 2.90. The van der Waals surface area contributed by atoms with Crippen molar-refractivity contribution in [3.63, 3.8) is 0 Å². The summed E-state index contributed by atoms with van der Waals surface area (Å²) < 4.78 is 18.4. The fraction of sp³-hybridized carbons (Fsp3) is 0.385. The Morgan fingerprint density at radius 2 is 2.25 bits per heavy atom. The minimum absolute atomic E-state index is 0.181. The minimum Gasteiger partial charge on any atom is -0.501 e. The van der Waals surface area contributed by atoms with Gasteiger partial charge in [0, 0.05) is 0 Å². The van der Waals surface area contributed by atoms with E-state index in [4.69, 9.17) is 10.5 Å². The zero-order valence-corrected chi connectivity index (χ0v) is 9.37. The Hall–Kier alpha value is -1.35. The monoisotopic (exact) mass is 221 g/mol. The van der Waals surface area contributed by atoms with E-state index in [9.17, 15) is 4.39 Å². The highest BCUT2D eigenvalue weighted by atomic mass is 19.1. The molecule has 2 N–H and O–H groups in total. The van der Waals surface area contributed by atoms with Gasteiger partial charge < -0.3 is 10.5 Å². The maximum absolute atomic E-state index is 13.1. The molecule has 1 aliphatic heterocycles. The molecule has 1 heterocycles. The molecule has 0 radical (unpaired) electrons. The predicted octanol–water partition coefficient (Wildman–Crippen LogP) is 2.83. The van der Waals surface area contributed by atoms with Gasteiger partial charge in [-0.15, -0.1) is 0 Å². The van der Waals surface area contributed by atoms with Gasteiger partial charge >= 0.3 is 0 Å². The largest absolute Gasteiger partial charge is 0.501 e. The average molecular weight is 221 g/mol. The van der Waals surface area contributed by atoms with Crippen LogP contribution in [0.15, 0.2) is 30.0 Å². The first-order valence-electron chi connectivity index (χ1n) is 5.50. The molecular weight excluding hydrogens is 205 g/mol. The number of nitrogens with two attached hydrogens (primary N) is 1. The Morgan fingerprint density at radius 1 is 1.44 bits per heavy atom. The summed E-state index contributed by atoms with van der Waals surface area (Å²) in [5.74, 6) is -0.190. The molecule has 0 aliphatic carbocycles. The second-order valence-electron chi connectivity index (χ2n) is 4.15. The maximum atomic E-state index is 13.1. The van der Waals surface area contributed by atoms with E-state index in [1.165, 1.54) is 6.07 Å². The van der Waals surface area contributed by atoms with Crippen molar-refractivity contribution in [2.24, 2.45) is 5.73 Å². The average Bonchev–Trinajstić information content (AvgIpc) is 2.33. The van der Waals surface area contributed by atoms with E-state index >= 15 is 0 Å². The summed E-state index contributed by atoms with van der Waals surface area (Å²) in [7, 11) is 0. The molecule has 86 valence electrons. The topological polar surface area (TPSA) is 35.2 Å². The van der Waals surface area contributed by atoms with Crippen molar-refractivity contribution < 1.29 is 9.13 Å². The first-order valence-corrected chi connectivity index (χ1v) is 5.50. The van der Waals surface area contributed by atoms with Gasteiger partial charge in [-0.3, -0.25) is 0 Å². The fourth-order valence-electron chi connectivity index (χ4n) is 1.89. The van der Waals surface area contributed by atoms with Crippen LogP contribution in [0.3, 0.4) is 0 Å². The number of benzene rings is 1. The van der Waals surface area contributed by atoms with Crippen LogP contribution in [-0.4, -0.2) is 6.61 Å². The van der Waals surface area contributed by atoms with E-state index in [1.807, 2.05) is 0 Å². The summed E-state index contributed by atoms with van der Waals surface area (Å²) in [6.45, 7) is 2.51. The summed E-state index contributed by atoms with van der Waals surface area (Å²) >= 11 is 0. The lowest BCUT2D eigenvalue weighted by Gasteiger charge is -2.20. The Morgan fingerprint density at radius 3 is 2.88 bits per heavy atom. The van der Waals surface area contributed by atoms with E-state index in [-0.39, 0.29) is 11.9 Å². The quantitative estimate of drug-likeness (QED) is 0.833. The SMILES string of the molecule is Cc1cc(C(N)C2=COCCC2)ccc1F. The van der Waals surface area contributed by atoms with E-state index in [2.05, 4.69) is 0 Å². The molecule has 0 aromatic heterocycles. The number of hydrogen-bond acceptors (Lipinski definition) is 2. The van der Waals surface area contributed by atoms with Crippen molar-refractivity contribution in [1.29, 1.82) is 0 Å². The Labute approximate surface area is 94.9 Å². The molecule has 1 aromatic rings. The number of aryl methyl sites for hydroxylation is 1. The van der Waals surface area contributed by atoms with Gasteiger partial charge in [-0.25, -0.2) is 4.39 Å². The first kappa shape index (κ1) is 11.1. The third kappa shape index (κ3) is 2.25. The van der Waals surface area contributed by atoms with Gasteiger partial charge in [0.15, 0.2) is 0 Å². The van der Waals surface area contributed by atoms with Crippen molar-refractivity contribution in [3.05, 3.63) is 47.0 Å². The van der Waals surface area contributed by atoms with Gasteiger partial charge in [-0.1, -0.05) is 12.1 Å². The van der Waals surface area contributed by atoms with E-state index in [0.29, 0.717) is 5.56 Å². The van der Waals surface area contributed by atoms with Gasteiger partial charge in [0.1, 0.15) is 5.82 Å². The van der Waals surface area contributed by atoms with Crippen molar-refractivity contribution in [1.82, 2.24) is 0 Å². The van der Waals surface area contributed by atoms with Gasteiger partial charge in [0.25, 0.3) is 0 Å². The Bertz CT molecular complexity index is 414. The molecule has 0 amide bonds. The van der Waals surface area contributed by atoms with Crippen LogP contribution in [0.4, 0.5) is 4.39 Å². The van der Waals surface area contributed by atoms with Crippen molar-refractivity contribution in [2.75, 3.05) is 6.61 Å². The standard InChI is InChI=1S/C13H16FNO/c1-9-7-10(4-5-12(9)14)13(15)11-3-2-6-16-8-11/h4-5,7-8,13H,2-3,6,15H2,1H3. The zero-order valence-electron chi connectivity index (χ0n) is 9.37. The Balaban J connectivity index is 2.22. The molecule has 1 aromatic carbocycles. The van der Waals surface area contributed by atoms with Crippen LogP contribution in [0, 0.1) is 12.7 Å². The van der Waals surface area contributed by atoms with Crippen molar-refractivity contribution >= 4 is 0 Å². The van der Waals surface area contributed by atoms with E-state index in [0.717, 1.165) is 30.6 Å². The lowest BCUT2D eigenvalue weighted by molar-refractivity contribution is 0.221. The van der Waals surface area contributed by atoms with Crippen LogP contribution < -0.4 is 5.73 Å². The lowest BCUT2D eigenvalue weighted by Crippen LogP contribution is -2.16. The van der Waals surface area contributed by atoms with Crippen LogP contribution in [0.1, 0.15) is 30.0 Å². The number of rotatable bonds is 2. The molecule has 1 aliphatic rings. The summed E-state index contributed by atoms with van der Waals surface area (Å²) in [5, 5.41) is 0. The maximum Gasteiger partial charge on any atom is 0.126 e. The van der Waals surface area contributed by atoms with Crippen LogP contribution in [0.2, 0.25) is 0 Å². The van der Waals surface area contributed by atoms with E-state index in [1.54, 1.807) is 25.3 Å². The lowest BCUT2D eigenvalue weighted by atomic mass is 9.95. The molecule has 1 unspecified atom stereocenters. The highest BCUT2D eigenvalue weighted by molar-refractivity contribution is 5.31. The molecule has 0 spiro atoms. The van der Waals surface area contributed by atoms with Gasteiger partial charge in [0.2, 0.25) is 0 Å². The fourth-order valence-corrected chi connectivity index (χ4v) is 1.89. The smallest absolute Gasteiger partial charge is 0.126 e. The summed E-state index contributed by atoms with van der Waals surface area (Å²) in [6.07, 6.45) is 3.70. The normalized spacial score (nSPS) is 17.6. The molecule has 3 heteroatoms. The zero-order chi connectivity index (χ0) is 11.5. The molecule has 0 fully saturated rings. The molecule has 2 rings (SSSR count). The van der Waals surface area contributed by atoms with E-state index < -0.39 is 0 Å². The third-order valence-electron chi connectivity index (χ3n) is 2.90. The van der Waals surface area contributed by atoms with Crippen molar-refractivity contribution in [2.45, 2.75) is 25.8 Å². The van der Waals surface area contributed by atoms with Gasteiger partial charge in [-0.05, 0) is 42.5 Å². The number of hydrogen-bond donors (Lipinski definition) is 1. The summed E-state index contributed by atoms with van der Waals surface area (Å²) in [4.78, 5) is 0. The van der Waals surface area contributed by atoms with Crippen molar-refractivity contribution in [3.8, 4) is 0 Å². The minimum atomic E-state index is -0.190. The second-order valence-corrected chi connectivity index (χ2v) is 4.15. The van der Waals surface area contributed by atoms with Crippen LogP contribution in [0.25, 0.3) is 0 Å². The molecule has 1 atom stereocenters. The van der Waals surface area contributed by atoms with Gasteiger partial charge in [-0.2, -0.15) is 0 Å². The number of halogens is 1. The van der Waals surface area contributed by atoms with Gasteiger partial charge in [0.05, 0.1) is 18.9 Å². The second kappa shape index (κ2) is 4.66.